The molecule has 4 heterocycles. The van der Waals surface area contributed by atoms with Crippen molar-refractivity contribution in [1.29, 1.82) is 0 Å². The van der Waals surface area contributed by atoms with Crippen LogP contribution in [0.4, 0.5) is 20.7 Å². The first-order chi connectivity index (χ1) is 17.3. The van der Waals surface area contributed by atoms with Crippen LogP contribution in [0.25, 0.3) is 0 Å². The minimum atomic E-state index is -0.711. The SMILES string of the molecule is CC(=O)Nc1ccn(C(=O)N2CCC3(CCCN3Cc3ccc(Cl)cc3N3CCC(F)CC3)CC2)n1. The predicted molar refractivity (Wildman–Crippen MR) is 138 cm³/mol. The minimum absolute atomic E-state index is 0.0745. The number of carbonyl (C=O) groups excluding carboxylic acids is 2. The largest absolute Gasteiger partial charge is 0.371 e. The second-order valence-electron chi connectivity index (χ2n) is 10.3. The highest BCUT2D eigenvalue weighted by Crippen LogP contribution is 2.41. The fourth-order valence-electron chi connectivity index (χ4n) is 6.00. The number of amides is 2. The molecule has 3 aliphatic rings. The summed E-state index contributed by atoms with van der Waals surface area (Å²) in [7, 11) is 0. The van der Waals surface area contributed by atoms with Gasteiger partial charge in [-0.15, -0.1) is 5.10 Å². The molecular formula is C26H34ClFN6O2. The van der Waals surface area contributed by atoms with E-state index in [9.17, 15) is 14.0 Å². The van der Waals surface area contributed by atoms with Crippen molar-refractivity contribution >= 4 is 35.0 Å². The summed E-state index contributed by atoms with van der Waals surface area (Å²) < 4.78 is 15.1. The molecule has 1 spiro atoms. The van der Waals surface area contributed by atoms with Crippen LogP contribution in [0.3, 0.4) is 0 Å². The van der Waals surface area contributed by atoms with Gasteiger partial charge in [-0.3, -0.25) is 9.69 Å². The van der Waals surface area contributed by atoms with Crippen molar-refractivity contribution in [2.45, 2.75) is 63.7 Å². The molecule has 0 radical (unpaired) electrons. The molecule has 36 heavy (non-hydrogen) atoms. The smallest absolute Gasteiger partial charge is 0.344 e. The molecule has 1 aromatic heterocycles. The van der Waals surface area contributed by atoms with Gasteiger partial charge in [0, 0.05) is 68.2 Å². The molecule has 10 heteroatoms. The monoisotopic (exact) mass is 516 g/mol. The van der Waals surface area contributed by atoms with Crippen LogP contribution >= 0.6 is 11.6 Å². The van der Waals surface area contributed by atoms with Gasteiger partial charge in [0.05, 0.1) is 0 Å². The number of benzene rings is 1. The number of carbonyl (C=O) groups is 2. The summed E-state index contributed by atoms with van der Waals surface area (Å²) in [6, 6.07) is 7.56. The molecule has 0 saturated carbocycles. The Morgan fingerprint density at radius 2 is 1.86 bits per heavy atom. The van der Waals surface area contributed by atoms with Crippen molar-refractivity contribution in [3.05, 3.63) is 41.0 Å². The third-order valence-electron chi connectivity index (χ3n) is 7.97. The number of aromatic nitrogens is 2. The number of piperidine rings is 2. The molecule has 3 aliphatic heterocycles. The molecule has 0 atom stereocenters. The van der Waals surface area contributed by atoms with Crippen LogP contribution in [-0.4, -0.2) is 76.0 Å². The summed E-state index contributed by atoms with van der Waals surface area (Å²) >= 11 is 6.37. The standard InChI is InChI=1S/C26H34ClFN6O2/c1-19(35)29-24-7-14-34(30-24)25(36)32-15-9-26(10-16-32)8-2-11-33(26)18-20-3-4-21(27)17-23(20)31-12-5-22(28)6-13-31/h3-4,7,14,17,22H,2,5-6,8-13,15-16,18H2,1H3,(H,29,30,35). The topological polar surface area (TPSA) is 73.7 Å². The lowest BCUT2D eigenvalue weighted by atomic mass is 9.84. The van der Waals surface area contributed by atoms with Gasteiger partial charge in [-0.05, 0) is 62.8 Å². The van der Waals surface area contributed by atoms with Gasteiger partial charge in [0.25, 0.3) is 0 Å². The first kappa shape index (κ1) is 25.0. The fraction of sp³-hybridized carbons (Fsp3) is 0.577. The second-order valence-corrected chi connectivity index (χ2v) is 10.7. The maximum absolute atomic E-state index is 13.8. The van der Waals surface area contributed by atoms with E-state index in [1.165, 1.54) is 17.2 Å². The van der Waals surface area contributed by atoms with E-state index in [0.717, 1.165) is 44.5 Å². The maximum atomic E-state index is 13.8. The first-order valence-corrected chi connectivity index (χ1v) is 13.3. The second kappa shape index (κ2) is 10.4. The van der Waals surface area contributed by atoms with Crippen molar-refractivity contribution < 1.29 is 14.0 Å². The van der Waals surface area contributed by atoms with E-state index in [2.05, 4.69) is 26.3 Å². The number of nitrogens with one attached hydrogen (secondary N) is 1. The molecule has 1 N–H and O–H groups in total. The third kappa shape index (κ3) is 5.22. The van der Waals surface area contributed by atoms with E-state index < -0.39 is 6.17 Å². The Morgan fingerprint density at radius 3 is 2.58 bits per heavy atom. The minimum Gasteiger partial charge on any atom is -0.371 e. The zero-order valence-corrected chi connectivity index (χ0v) is 21.5. The Bertz CT molecular complexity index is 1110. The van der Waals surface area contributed by atoms with Crippen molar-refractivity contribution in [3.8, 4) is 0 Å². The van der Waals surface area contributed by atoms with E-state index in [1.54, 1.807) is 12.3 Å². The van der Waals surface area contributed by atoms with Crippen LogP contribution < -0.4 is 10.2 Å². The molecule has 8 nitrogen and oxygen atoms in total. The lowest BCUT2D eigenvalue weighted by Crippen LogP contribution is -2.53. The lowest BCUT2D eigenvalue weighted by molar-refractivity contribution is -0.114. The highest BCUT2D eigenvalue weighted by Gasteiger charge is 2.44. The Balaban J connectivity index is 1.25. The zero-order chi connectivity index (χ0) is 25.3. The van der Waals surface area contributed by atoms with Gasteiger partial charge in [-0.25, -0.2) is 9.18 Å². The van der Waals surface area contributed by atoms with Crippen LogP contribution in [0.5, 0.6) is 0 Å². The van der Waals surface area contributed by atoms with Crippen molar-refractivity contribution in [2.75, 3.05) is 42.9 Å². The number of anilines is 2. The summed E-state index contributed by atoms with van der Waals surface area (Å²) in [5, 5.41) is 7.51. The Morgan fingerprint density at radius 1 is 1.11 bits per heavy atom. The van der Waals surface area contributed by atoms with Crippen LogP contribution in [0, 0.1) is 0 Å². The molecule has 0 unspecified atom stereocenters. The highest BCUT2D eigenvalue weighted by atomic mass is 35.5. The van der Waals surface area contributed by atoms with E-state index in [1.807, 2.05) is 17.0 Å². The summed E-state index contributed by atoms with van der Waals surface area (Å²) in [6.45, 7) is 6.04. The zero-order valence-electron chi connectivity index (χ0n) is 20.8. The van der Waals surface area contributed by atoms with Crippen molar-refractivity contribution in [1.82, 2.24) is 19.6 Å². The van der Waals surface area contributed by atoms with E-state index in [4.69, 9.17) is 11.6 Å². The van der Waals surface area contributed by atoms with Gasteiger partial charge in [0.1, 0.15) is 6.17 Å². The van der Waals surface area contributed by atoms with E-state index >= 15 is 0 Å². The molecule has 3 fully saturated rings. The van der Waals surface area contributed by atoms with Crippen LogP contribution in [-0.2, 0) is 11.3 Å². The van der Waals surface area contributed by atoms with Gasteiger partial charge in [-0.2, -0.15) is 4.68 Å². The van der Waals surface area contributed by atoms with E-state index in [0.29, 0.717) is 49.9 Å². The molecule has 0 aliphatic carbocycles. The quantitative estimate of drug-likeness (QED) is 0.646. The molecule has 2 aromatic rings. The molecule has 2 amide bonds. The highest BCUT2D eigenvalue weighted by molar-refractivity contribution is 6.30. The summed E-state index contributed by atoms with van der Waals surface area (Å²) in [5.41, 5.74) is 2.43. The number of alkyl halides is 1. The number of nitrogens with zero attached hydrogens (tertiary/aromatic N) is 5. The maximum Gasteiger partial charge on any atom is 0.344 e. The molecule has 3 saturated heterocycles. The van der Waals surface area contributed by atoms with Gasteiger partial charge >= 0.3 is 6.03 Å². The van der Waals surface area contributed by atoms with Crippen LogP contribution in [0.15, 0.2) is 30.5 Å². The Kier molecular flexibility index (Phi) is 7.21. The molecular weight excluding hydrogens is 483 g/mol. The number of rotatable bonds is 4. The summed E-state index contributed by atoms with van der Waals surface area (Å²) in [4.78, 5) is 31.0. The van der Waals surface area contributed by atoms with Gasteiger partial charge < -0.3 is 15.1 Å². The number of hydrogen-bond acceptors (Lipinski definition) is 5. The number of hydrogen-bond donors (Lipinski definition) is 1. The number of halogens is 2. The molecule has 1 aromatic carbocycles. The van der Waals surface area contributed by atoms with Gasteiger partial charge in [-0.1, -0.05) is 17.7 Å². The molecule has 5 rings (SSSR count). The number of likely N-dealkylation sites (tertiary alicyclic amines) is 2. The van der Waals surface area contributed by atoms with Gasteiger partial charge in [0.15, 0.2) is 5.82 Å². The average molecular weight is 517 g/mol. The van der Waals surface area contributed by atoms with Crippen molar-refractivity contribution in [2.24, 2.45) is 0 Å². The normalized spacial score (nSPS) is 20.8. The average Bonchev–Trinajstić information content (AvgIpc) is 3.48. The van der Waals surface area contributed by atoms with E-state index in [-0.39, 0.29) is 17.5 Å². The predicted octanol–water partition coefficient (Wildman–Crippen LogP) is 4.53. The molecule has 194 valence electrons. The molecule has 0 bridgehead atoms. The third-order valence-corrected chi connectivity index (χ3v) is 8.20. The Labute approximate surface area is 216 Å². The Hall–Kier alpha value is -2.65. The summed E-state index contributed by atoms with van der Waals surface area (Å²) in [5.74, 6) is 0.158. The fourth-order valence-corrected chi connectivity index (χ4v) is 6.17. The lowest BCUT2D eigenvalue weighted by Gasteiger charge is -2.45. The van der Waals surface area contributed by atoms with Gasteiger partial charge in [0.2, 0.25) is 5.91 Å². The van der Waals surface area contributed by atoms with Crippen LogP contribution in [0.1, 0.15) is 51.0 Å². The van der Waals surface area contributed by atoms with Crippen molar-refractivity contribution in [3.63, 3.8) is 0 Å². The van der Waals surface area contributed by atoms with Crippen LogP contribution in [0.2, 0.25) is 5.02 Å². The first-order valence-electron chi connectivity index (χ1n) is 12.9. The summed E-state index contributed by atoms with van der Waals surface area (Å²) in [6.07, 6.45) is 6.09.